The summed E-state index contributed by atoms with van der Waals surface area (Å²) >= 11 is 11.8. The monoisotopic (exact) mass is 322 g/mol. The van der Waals surface area contributed by atoms with E-state index in [1.54, 1.807) is 24.3 Å². The first kappa shape index (κ1) is 15.8. The molecule has 0 aliphatic heterocycles. The molecule has 2 rings (SSSR count). The molecular weight excluding hydrogens is 307 g/mol. The molecule has 3 nitrogen and oxygen atoms in total. The summed E-state index contributed by atoms with van der Waals surface area (Å²) in [5.74, 6) is -0.0380. The van der Waals surface area contributed by atoms with Gasteiger partial charge < -0.3 is 10.6 Å². The third-order valence-corrected chi connectivity index (χ3v) is 3.55. The van der Waals surface area contributed by atoms with Crippen LogP contribution in [-0.2, 0) is 11.3 Å². The number of amides is 1. The Hall–Kier alpha value is -1.55. The van der Waals surface area contributed by atoms with Crippen molar-refractivity contribution in [2.75, 3.05) is 11.9 Å². The first-order valence-corrected chi connectivity index (χ1v) is 7.40. The second kappa shape index (κ2) is 8.03. The number of rotatable bonds is 6. The van der Waals surface area contributed by atoms with Gasteiger partial charge in [0, 0.05) is 35.2 Å². The number of anilines is 1. The maximum atomic E-state index is 11.8. The van der Waals surface area contributed by atoms with Crippen LogP contribution in [-0.4, -0.2) is 12.5 Å². The molecule has 0 bridgehead atoms. The minimum atomic E-state index is -0.0380. The van der Waals surface area contributed by atoms with Crippen LogP contribution in [0, 0.1) is 0 Å². The second-order valence-electron chi connectivity index (χ2n) is 4.57. The number of hydrogen-bond donors (Lipinski definition) is 2. The predicted molar refractivity (Wildman–Crippen MR) is 87.9 cm³/mol. The highest BCUT2D eigenvalue weighted by Gasteiger charge is 2.03. The standard InChI is InChI=1S/C16H16Cl2N2O/c17-13-5-7-14(8-6-13)20-16(21)9-10-19-11-12-3-1-2-4-15(12)18/h1-8,19H,9-11H2,(H,20,21). The number of nitrogens with one attached hydrogen (secondary N) is 2. The van der Waals surface area contributed by atoms with Gasteiger partial charge in [0.2, 0.25) is 5.91 Å². The fraction of sp³-hybridized carbons (Fsp3) is 0.188. The lowest BCUT2D eigenvalue weighted by Crippen LogP contribution is -2.21. The number of halogens is 2. The van der Waals surface area contributed by atoms with Crippen LogP contribution in [0.15, 0.2) is 48.5 Å². The fourth-order valence-corrected chi connectivity index (χ4v) is 2.15. The highest BCUT2D eigenvalue weighted by atomic mass is 35.5. The van der Waals surface area contributed by atoms with Crippen LogP contribution < -0.4 is 10.6 Å². The molecular formula is C16H16Cl2N2O. The molecule has 0 unspecified atom stereocenters. The minimum Gasteiger partial charge on any atom is -0.326 e. The van der Waals surface area contributed by atoms with Crippen LogP contribution in [0.1, 0.15) is 12.0 Å². The van der Waals surface area contributed by atoms with Crippen molar-refractivity contribution < 1.29 is 4.79 Å². The molecule has 21 heavy (non-hydrogen) atoms. The lowest BCUT2D eigenvalue weighted by Gasteiger charge is -2.07. The molecule has 5 heteroatoms. The van der Waals surface area contributed by atoms with Crippen LogP contribution >= 0.6 is 23.2 Å². The molecule has 0 saturated heterocycles. The zero-order valence-electron chi connectivity index (χ0n) is 11.4. The average molecular weight is 323 g/mol. The van der Waals surface area contributed by atoms with Gasteiger partial charge in [-0.1, -0.05) is 41.4 Å². The normalized spacial score (nSPS) is 10.4. The van der Waals surface area contributed by atoms with E-state index in [4.69, 9.17) is 23.2 Å². The highest BCUT2D eigenvalue weighted by molar-refractivity contribution is 6.31. The molecule has 0 fully saturated rings. The summed E-state index contributed by atoms with van der Waals surface area (Å²) in [5, 5.41) is 7.40. The average Bonchev–Trinajstić information content (AvgIpc) is 2.48. The number of carbonyl (C=O) groups is 1. The lowest BCUT2D eigenvalue weighted by molar-refractivity contribution is -0.116. The van der Waals surface area contributed by atoms with E-state index in [0.29, 0.717) is 24.5 Å². The first-order valence-electron chi connectivity index (χ1n) is 6.65. The van der Waals surface area contributed by atoms with E-state index in [2.05, 4.69) is 10.6 Å². The van der Waals surface area contributed by atoms with Crippen LogP contribution in [0.5, 0.6) is 0 Å². The molecule has 2 aromatic carbocycles. The summed E-state index contributed by atoms with van der Waals surface area (Å²) in [6.45, 7) is 1.23. The Kier molecular flexibility index (Phi) is 6.05. The number of carbonyl (C=O) groups excluding carboxylic acids is 1. The van der Waals surface area contributed by atoms with Crippen molar-refractivity contribution in [3.05, 3.63) is 64.1 Å². The molecule has 0 atom stereocenters. The van der Waals surface area contributed by atoms with E-state index >= 15 is 0 Å². The van der Waals surface area contributed by atoms with Crippen LogP contribution in [0.4, 0.5) is 5.69 Å². The molecule has 2 aromatic rings. The molecule has 0 aliphatic rings. The Balaban J connectivity index is 1.70. The van der Waals surface area contributed by atoms with E-state index < -0.39 is 0 Å². The summed E-state index contributed by atoms with van der Waals surface area (Å²) < 4.78 is 0. The van der Waals surface area contributed by atoms with Gasteiger partial charge in [0.1, 0.15) is 0 Å². The zero-order chi connectivity index (χ0) is 15.1. The van der Waals surface area contributed by atoms with Gasteiger partial charge in [-0.05, 0) is 35.9 Å². The van der Waals surface area contributed by atoms with Crippen molar-refractivity contribution >= 4 is 34.8 Å². The SMILES string of the molecule is O=C(CCNCc1ccccc1Cl)Nc1ccc(Cl)cc1. The predicted octanol–water partition coefficient (Wildman–Crippen LogP) is 4.11. The molecule has 0 heterocycles. The molecule has 0 aromatic heterocycles. The van der Waals surface area contributed by atoms with E-state index in [-0.39, 0.29) is 5.91 Å². The summed E-state index contributed by atoms with van der Waals surface area (Å²) in [4.78, 5) is 11.8. The Morgan fingerprint density at radius 2 is 1.71 bits per heavy atom. The maximum Gasteiger partial charge on any atom is 0.225 e. The third-order valence-electron chi connectivity index (χ3n) is 2.93. The summed E-state index contributed by atoms with van der Waals surface area (Å²) in [6, 6.07) is 14.7. The van der Waals surface area contributed by atoms with Crippen molar-refractivity contribution in [3.63, 3.8) is 0 Å². The Morgan fingerprint density at radius 3 is 2.43 bits per heavy atom. The van der Waals surface area contributed by atoms with Gasteiger partial charge >= 0.3 is 0 Å². The van der Waals surface area contributed by atoms with Crippen LogP contribution in [0.3, 0.4) is 0 Å². The van der Waals surface area contributed by atoms with Crippen molar-refractivity contribution in [1.82, 2.24) is 5.32 Å². The largest absolute Gasteiger partial charge is 0.326 e. The van der Waals surface area contributed by atoms with Crippen molar-refractivity contribution in [2.24, 2.45) is 0 Å². The molecule has 2 N–H and O–H groups in total. The summed E-state index contributed by atoms with van der Waals surface area (Å²) in [6.07, 6.45) is 0.396. The maximum absolute atomic E-state index is 11.8. The number of benzene rings is 2. The minimum absolute atomic E-state index is 0.0380. The van der Waals surface area contributed by atoms with Gasteiger partial charge in [-0.2, -0.15) is 0 Å². The summed E-state index contributed by atoms with van der Waals surface area (Å²) in [5.41, 5.74) is 1.77. The van der Waals surface area contributed by atoms with Gasteiger partial charge in [-0.3, -0.25) is 4.79 Å². The van der Waals surface area contributed by atoms with E-state index in [9.17, 15) is 4.79 Å². The van der Waals surface area contributed by atoms with Gasteiger partial charge in [-0.15, -0.1) is 0 Å². The number of hydrogen-bond acceptors (Lipinski definition) is 2. The van der Waals surface area contributed by atoms with Crippen LogP contribution in [0.25, 0.3) is 0 Å². The topological polar surface area (TPSA) is 41.1 Å². The van der Waals surface area contributed by atoms with Gasteiger partial charge in [0.25, 0.3) is 0 Å². The van der Waals surface area contributed by atoms with E-state index in [1.807, 2.05) is 24.3 Å². The van der Waals surface area contributed by atoms with E-state index in [0.717, 1.165) is 16.3 Å². The van der Waals surface area contributed by atoms with Gasteiger partial charge in [-0.25, -0.2) is 0 Å². The third kappa shape index (κ3) is 5.38. The zero-order valence-corrected chi connectivity index (χ0v) is 12.9. The van der Waals surface area contributed by atoms with Gasteiger partial charge in [0.05, 0.1) is 0 Å². The lowest BCUT2D eigenvalue weighted by atomic mass is 10.2. The van der Waals surface area contributed by atoms with Crippen molar-refractivity contribution in [1.29, 1.82) is 0 Å². The Bertz CT molecular complexity index is 599. The molecule has 0 aliphatic carbocycles. The summed E-state index contributed by atoms with van der Waals surface area (Å²) in [7, 11) is 0. The van der Waals surface area contributed by atoms with Gasteiger partial charge in [0.15, 0.2) is 0 Å². The molecule has 0 radical (unpaired) electrons. The molecule has 0 spiro atoms. The molecule has 1 amide bonds. The van der Waals surface area contributed by atoms with Crippen molar-refractivity contribution in [2.45, 2.75) is 13.0 Å². The Morgan fingerprint density at radius 1 is 1.00 bits per heavy atom. The van der Waals surface area contributed by atoms with E-state index in [1.165, 1.54) is 0 Å². The highest BCUT2D eigenvalue weighted by Crippen LogP contribution is 2.15. The molecule has 110 valence electrons. The fourth-order valence-electron chi connectivity index (χ4n) is 1.82. The Labute approximate surface area is 134 Å². The van der Waals surface area contributed by atoms with Crippen molar-refractivity contribution in [3.8, 4) is 0 Å². The van der Waals surface area contributed by atoms with Crippen LogP contribution in [0.2, 0.25) is 10.0 Å². The quantitative estimate of drug-likeness (QED) is 0.786. The first-order chi connectivity index (χ1) is 10.1. The smallest absolute Gasteiger partial charge is 0.225 e. The second-order valence-corrected chi connectivity index (χ2v) is 5.42. The molecule has 0 saturated carbocycles.